The van der Waals surface area contributed by atoms with Crippen molar-refractivity contribution >= 4 is 11.9 Å². The minimum absolute atomic E-state index is 0.146. The maximum Gasteiger partial charge on any atom is 0.340 e. The maximum absolute atomic E-state index is 11.3. The fourth-order valence-corrected chi connectivity index (χ4v) is 1.14. The number of aromatic hydroxyl groups is 1. The summed E-state index contributed by atoms with van der Waals surface area (Å²) in [6.45, 7) is 1.76. The summed E-state index contributed by atoms with van der Waals surface area (Å²) in [6, 6.07) is 3.88. The fourth-order valence-electron chi connectivity index (χ4n) is 1.14. The number of esters is 1. The van der Waals surface area contributed by atoms with E-state index >= 15 is 0 Å². The first-order valence-corrected chi connectivity index (χ1v) is 4.30. The Balaban J connectivity index is 3.23. The zero-order chi connectivity index (χ0) is 11.4. The number of carbonyl (C=O) groups excluding carboxylic acids is 1. The van der Waals surface area contributed by atoms with Gasteiger partial charge in [0.25, 0.3) is 0 Å². The van der Waals surface area contributed by atoms with Crippen LogP contribution in [-0.4, -0.2) is 28.8 Å². The Morgan fingerprint density at radius 1 is 1.40 bits per heavy atom. The van der Waals surface area contributed by atoms with E-state index in [0.29, 0.717) is 0 Å². The molecule has 0 aliphatic rings. The Kier molecular flexibility index (Phi) is 3.28. The predicted molar refractivity (Wildman–Crippen MR) is 51.0 cm³/mol. The molecule has 0 spiro atoms. The van der Waals surface area contributed by atoms with Crippen LogP contribution >= 0.6 is 0 Å². The molecule has 5 heteroatoms. The molecule has 1 aromatic rings. The van der Waals surface area contributed by atoms with Crippen LogP contribution < -0.4 is 0 Å². The van der Waals surface area contributed by atoms with E-state index in [2.05, 4.69) is 4.74 Å². The Morgan fingerprint density at radius 2 is 2.07 bits per heavy atom. The summed E-state index contributed by atoms with van der Waals surface area (Å²) in [4.78, 5) is 22.1. The van der Waals surface area contributed by atoms with Gasteiger partial charge in [0, 0.05) is 0 Å². The van der Waals surface area contributed by atoms with E-state index in [-0.39, 0.29) is 12.2 Å². The van der Waals surface area contributed by atoms with E-state index in [0.717, 1.165) is 0 Å². The Labute approximate surface area is 85.9 Å². The number of carbonyl (C=O) groups is 2. The number of carboxylic acid groups (broad SMARTS) is 1. The molecular weight excluding hydrogens is 200 g/mol. The summed E-state index contributed by atoms with van der Waals surface area (Å²) >= 11 is 0. The number of benzene rings is 1. The Bertz CT molecular complexity index is 397. The van der Waals surface area contributed by atoms with Crippen LogP contribution in [0.1, 0.15) is 27.6 Å². The zero-order valence-corrected chi connectivity index (χ0v) is 8.06. The third-order valence-electron chi connectivity index (χ3n) is 1.75. The van der Waals surface area contributed by atoms with Gasteiger partial charge in [0.2, 0.25) is 0 Å². The van der Waals surface area contributed by atoms with Gasteiger partial charge in [0.05, 0.1) is 12.2 Å². The second kappa shape index (κ2) is 4.45. The molecule has 80 valence electrons. The summed E-state index contributed by atoms with van der Waals surface area (Å²) in [7, 11) is 0. The molecule has 0 bridgehead atoms. The lowest BCUT2D eigenvalue weighted by Gasteiger charge is -2.06. The molecule has 2 N–H and O–H groups in total. The van der Waals surface area contributed by atoms with Gasteiger partial charge in [0.15, 0.2) is 0 Å². The number of ether oxygens (including phenoxy) is 1. The largest absolute Gasteiger partial charge is 0.507 e. The minimum atomic E-state index is -1.36. The zero-order valence-electron chi connectivity index (χ0n) is 8.06. The molecule has 0 saturated carbocycles. The first-order valence-electron chi connectivity index (χ1n) is 4.30. The van der Waals surface area contributed by atoms with Gasteiger partial charge in [-0.1, -0.05) is 6.07 Å². The molecule has 0 aliphatic carbocycles. The quantitative estimate of drug-likeness (QED) is 0.734. The Morgan fingerprint density at radius 3 is 2.60 bits per heavy atom. The van der Waals surface area contributed by atoms with E-state index in [1.807, 2.05) is 0 Å². The standard InChI is InChI=1S/C10H10O5/c1-2-15-10(14)6-4-3-5-7(11)8(6)9(12)13/h3-5,11H,2H2,1H3,(H,12,13). The van der Waals surface area contributed by atoms with Gasteiger partial charge in [-0.05, 0) is 19.1 Å². The summed E-state index contributed by atoms with van der Waals surface area (Å²) in [6.07, 6.45) is 0. The summed E-state index contributed by atoms with van der Waals surface area (Å²) in [5.41, 5.74) is -0.583. The lowest BCUT2D eigenvalue weighted by atomic mass is 10.1. The van der Waals surface area contributed by atoms with Crippen molar-refractivity contribution < 1.29 is 24.5 Å². The number of rotatable bonds is 3. The van der Waals surface area contributed by atoms with E-state index in [1.54, 1.807) is 6.92 Å². The lowest BCUT2D eigenvalue weighted by molar-refractivity contribution is 0.0513. The molecule has 0 saturated heterocycles. The van der Waals surface area contributed by atoms with Gasteiger partial charge < -0.3 is 14.9 Å². The van der Waals surface area contributed by atoms with Crippen LogP contribution in [0, 0.1) is 0 Å². The molecular formula is C10H10O5. The number of phenols is 1. The van der Waals surface area contributed by atoms with Gasteiger partial charge in [0.1, 0.15) is 11.3 Å². The van der Waals surface area contributed by atoms with Gasteiger partial charge >= 0.3 is 11.9 Å². The van der Waals surface area contributed by atoms with Crippen LogP contribution in [0.15, 0.2) is 18.2 Å². The highest BCUT2D eigenvalue weighted by Crippen LogP contribution is 2.21. The minimum Gasteiger partial charge on any atom is -0.507 e. The van der Waals surface area contributed by atoms with Crippen LogP contribution in [0.25, 0.3) is 0 Å². The second-order valence-electron chi connectivity index (χ2n) is 2.73. The highest BCUT2D eigenvalue weighted by atomic mass is 16.5. The van der Waals surface area contributed by atoms with Crippen molar-refractivity contribution in [3.05, 3.63) is 29.3 Å². The highest BCUT2D eigenvalue weighted by Gasteiger charge is 2.20. The molecule has 0 amide bonds. The molecule has 0 aliphatic heterocycles. The number of hydrogen-bond acceptors (Lipinski definition) is 4. The van der Waals surface area contributed by atoms with Crippen molar-refractivity contribution in [2.45, 2.75) is 6.92 Å². The molecule has 15 heavy (non-hydrogen) atoms. The molecule has 1 aromatic carbocycles. The van der Waals surface area contributed by atoms with Crippen molar-refractivity contribution in [2.75, 3.05) is 6.61 Å². The average molecular weight is 210 g/mol. The summed E-state index contributed by atoms with van der Waals surface area (Å²) < 4.78 is 4.66. The topological polar surface area (TPSA) is 83.8 Å². The molecule has 0 radical (unpaired) electrons. The van der Waals surface area contributed by atoms with Gasteiger partial charge in [-0.2, -0.15) is 0 Å². The fraction of sp³-hybridized carbons (Fsp3) is 0.200. The van der Waals surface area contributed by atoms with Crippen LogP contribution in [-0.2, 0) is 4.74 Å². The molecule has 0 unspecified atom stereocenters. The van der Waals surface area contributed by atoms with E-state index in [9.17, 15) is 14.7 Å². The number of carboxylic acids is 1. The maximum atomic E-state index is 11.3. The lowest BCUT2D eigenvalue weighted by Crippen LogP contribution is -2.11. The molecule has 1 rings (SSSR count). The van der Waals surface area contributed by atoms with Gasteiger partial charge in [-0.15, -0.1) is 0 Å². The smallest absolute Gasteiger partial charge is 0.340 e. The van der Waals surface area contributed by atoms with Gasteiger partial charge in [-0.25, -0.2) is 9.59 Å². The average Bonchev–Trinajstić information content (AvgIpc) is 2.17. The van der Waals surface area contributed by atoms with E-state index in [1.165, 1.54) is 18.2 Å². The Hall–Kier alpha value is -2.04. The number of hydrogen-bond donors (Lipinski definition) is 2. The first kappa shape index (κ1) is 11.0. The molecule has 0 heterocycles. The highest BCUT2D eigenvalue weighted by molar-refractivity contribution is 6.04. The van der Waals surface area contributed by atoms with Crippen molar-refractivity contribution in [3.8, 4) is 5.75 Å². The first-order chi connectivity index (χ1) is 7.07. The summed E-state index contributed by atoms with van der Waals surface area (Å²) in [5, 5.41) is 18.1. The third-order valence-corrected chi connectivity index (χ3v) is 1.75. The third kappa shape index (κ3) is 2.25. The second-order valence-corrected chi connectivity index (χ2v) is 2.73. The predicted octanol–water partition coefficient (Wildman–Crippen LogP) is 1.27. The normalized spacial score (nSPS) is 9.67. The molecule has 5 nitrogen and oxygen atoms in total. The van der Waals surface area contributed by atoms with E-state index < -0.39 is 23.3 Å². The molecule has 0 aromatic heterocycles. The van der Waals surface area contributed by atoms with Crippen molar-refractivity contribution in [3.63, 3.8) is 0 Å². The monoisotopic (exact) mass is 210 g/mol. The summed E-state index contributed by atoms with van der Waals surface area (Å²) in [5.74, 6) is -2.57. The van der Waals surface area contributed by atoms with Crippen molar-refractivity contribution in [2.24, 2.45) is 0 Å². The van der Waals surface area contributed by atoms with Gasteiger partial charge in [-0.3, -0.25) is 0 Å². The molecule has 0 atom stereocenters. The SMILES string of the molecule is CCOC(=O)c1cccc(O)c1C(=O)O. The van der Waals surface area contributed by atoms with Crippen LogP contribution in [0.5, 0.6) is 5.75 Å². The van der Waals surface area contributed by atoms with Crippen LogP contribution in [0.2, 0.25) is 0 Å². The number of aromatic carboxylic acids is 1. The van der Waals surface area contributed by atoms with Crippen molar-refractivity contribution in [1.82, 2.24) is 0 Å². The van der Waals surface area contributed by atoms with Crippen LogP contribution in [0.3, 0.4) is 0 Å². The van der Waals surface area contributed by atoms with Crippen LogP contribution in [0.4, 0.5) is 0 Å². The van der Waals surface area contributed by atoms with Crippen molar-refractivity contribution in [1.29, 1.82) is 0 Å². The molecule has 0 fully saturated rings. The van der Waals surface area contributed by atoms with E-state index in [4.69, 9.17) is 5.11 Å².